The molecule has 3 aromatic rings. The fourth-order valence-corrected chi connectivity index (χ4v) is 2.89. The predicted octanol–water partition coefficient (Wildman–Crippen LogP) is 1.61. The number of nitrogens with one attached hydrogen (secondary N) is 1. The molecule has 0 atom stereocenters. The van der Waals surface area contributed by atoms with Crippen molar-refractivity contribution in [2.75, 3.05) is 6.54 Å². The lowest BCUT2D eigenvalue weighted by molar-refractivity contribution is -0.121. The average Bonchev–Trinajstić information content (AvgIpc) is 3.08. The Balaban J connectivity index is 1.88. The number of rotatable bonds is 5. The first-order valence-electron chi connectivity index (χ1n) is 7.37. The van der Waals surface area contributed by atoms with Crippen molar-refractivity contribution in [3.8, 4) is 21.4 Å². The van der Waals surface area contributed by atoms with E-state index >= 15 is 0 Å². The summed E-state index contributed by atoms with van der Waals surface area (Å²) >= 11 is 7.11. The summed E-state index contributed by atoms with van der Waals surface area (Å²) in [6.45, 7) is 2.14. The van der Waals surface area contributed by atoms with Gasteiger partial charge in [-0.1, -0.05) is 22.9 Å². The number of likely N-dealkylation sites (N-methyl/N-ethyl adjacent to an activating group) is 1. The lowest BCUT2D eigenvalue weighted by atomic mass is 10.4. The van der Waals surface area contributed by atoms with Crippen molar-refractivity contribution < 1.29 is 4.79 Å². The van der Waals surface area contributed by atoms with Gasteiger partial charge in [-0.2, -0.15) is 5.10 Å². The summed E-state index contributed by atoms with van der Waals surface area (Å²) < 4.78 is 1.10. The van der Waals surface area contributed by atoms with Crippen molar-refractivity contribution in [2.24, 2.45) is 0 Å². The first-order chi connectivity index (χ1) is 12.1. The van der Waals surface area contributed by atoms with E-state index in [1.165, 1.54) is 23.6 Å². The first kappa shape index (κ1) is 17.2. The summed E-state index contributed by atoms with van der Waals surface area (Å²) in [5, 5.41) is 16.7. The van der Waals surface area contributed by atoms with Gasteiger partial charge in [0.2, 0.25) is 5.91 Å². The molecule has 0 spiro atoms. The van der Waals surface area contributed by atoms with Gasteiger partial charge in [-0.05, 0) is 25.1 Å². The zero-order chi connectivity index (χ0) is 17.8. The van der Waals surface area contributed by atoms with Crippen LogP contribution in [-0.4, -0.2) is 37.4 Å². The molecule has 3 heterocycles. The fraction of sp³-hybridized carbons (Fsp3) is 0.200. The van der Waals surface area contributed by atoms with Gasteiger partial charge in [-0.3, -0.25) is 14.6 Å². The number of carbonyl (C=O) groups is 1. The summed E-state index contributed by atoms with van der Waals surface area (Å²) in [6.07, 6.45) is 1.53. The molecule has 3 aromatic heterocycles. The standard InChI is InChI=1S/C15H13ClN6O2S/c1-2-17-12(23)8-22-13(24)6-5-11(21-22)15-20-19-14(25-15)10-4-3-9(16)7-18-10/h3-7H,2,8H2,1H3,(H,17,23). The Morgan fingerprint density at radius 2 is 1.92 bits per heavy atom. The Labute approximate surface area is 151 Å². The molecule has 0 radical (unpaired) electrons. The maximum absolute atomic E-state index is 11.9. The predicted molar refractivity (Wildman–Crippen MR) is 94.3 cm³/mol. The summed E-state index contributed by atoms with van der Waals surface area (Å²) in [7, 11) is 0. The molecule has 0 saturated heterocycles. The minimum atomic E-state index is -0.362. The number of amides is 1. The number of hydrogen-bond donors (Lipinski definition) is 1. The van der Waals surface area contributed by atoms with Crippen molar-refractivity contribution in [3.63, 3.8) is 0 Å². The highest BCUT2D eigenvalue weighted by atomic mass is 35.5. The molecule has 0 aliphatic heterocycles. The fourth-order valence-electron chi connectivity index (χ4n) is 2.00. The van der Waals surface area contributed by atoms with E-state index in [1.54, 1.807) is 25.1 Å². The number of aromatic nitrogens is 5. The van der Waals surface area contributed by atoms with Crippen LogP contribution in [0.15, 0.2) is 35.3 Å². The van der Waals surface area contributed by atoms with Gasteiger partial charge in [-0.25, -0.2) is 4.68 Å². The molecule has 0 fully saturated rings. The Morgan fingerprint density at radius 3 is 2.60 bits per heavy atom. The minimum Gasteiger partial charge on any atom is -0.355 e. The molecule has 1 amide bonds. The summed E-state index contributed by atoms with van der Waals surface area (Å²) in [5.41, 5.74) is 0.740. The highest BCUT2D eigenvalue weighted by Crippen LogP contribution is 2.27. The van der Waals surface area contributed by atoms with Crippen molar-refractivity contribution in [1.29, 1.82) is 0 Å². The molecule has 0 saturated carbocycles. The van der Waals surface area contributed by atoms with Crippen molar-refractivity contribution in [3.05, 3.63) is 45.8 Å². The van der Waals surface area contributed by atoms with Gasteiger partial charge >= 0.3 is 0 Å². The molecule has 3 rings (SSSR count). The van der Waals surface area contributed by atoms with E-state index in [0.29, 0.717) is 33.0 Å². The Bertz CT molecular complexity index is 953. The normalized spacial score (nSPS) is 10.6. The zero-order valence-electron chi connectivity index (χ0n) is 13.1. The maximum atomic E-state index is 11.9. The summed E-state index contributed by atoms with van der Waals surface area (Å²) in [4.78, 5) is 27.7. The summed E-state index contributed by atoms with van der Waals surface area (Å²) in [5.74, 6) is -0.280. The van der Waals surface area contributed by atoms with Crippen LogP contribution in [0.25, 0.3) is 21.4 Å². The van der Waals surface area contributed by atoms with Gasteiger partial charge in [0.15, 0.2) is 10.0 Å². The van der Waals surface area contributed by atoms with E-state index < -0.39 is 0 Å². The molecular weight excluding hydrogens is 364 g/mol. The third-order valence-electron chi connectivity index (χ3n) is 3.12. The molecule has 0 unspecified atom stereocenters. The second-order valence-corrected chi connectivity index (χ2v) is 6.36. The second-order valence-electron chi connectivity index (χ2n) is 4.94. The van der Waals surface area contributed by atoms with Crippen LogP contribution in [0, 0.1) is 0 Å². The highest BCUT2D eigenvalue weighted by molar-refractivity contribution is 7.17. The first-order valence-corrected chi connectivity index (χ1v) is 8.57. The number of halogens is 1. The molecule has 0 aromatic carbocycles. The molecule has 128 valence electrons. The third-order valence-corrected chi connectivity index (χ3v) is 4.32. The largest absolute Gasteiger partial charge is 0.355 e. The number of pyridine rings is 1. The Morgan fingerprint density at radius 1 is 1.20 bits per heavy atom. The Kier molecular flexibility index (Phi) is 5.15. The van der Waals surface area contributed by atoms with Gasteiger partial charge in [0.1, 0.15) is 17.9 Å². The molecule has 0 aliphatic carbocycles. The number of nitrogens with zero attached hydrogens (tertiary/aromatic N) is 5. The van der Waals surface area contributed by atoms with Gasteiger partial charge in [0.25, 0.3) is 5.56 Å². The van der Waals surface area contributed by atoms with Crippen molar-refractivity contribution >= 4 is 28.8 Å². The van der Waals surface area contributed by atoms with E-state index in [-0.39, 0.29) is 18.0 Å². The zero-order valence-corrected chi connectivity index (χ0v) is 14.7. The van der Waals surface area contributed by atoms with Crippen molar-refractivity contribution in [2.45, 2.75) is 13.5 Å². The average molecular weight is 377 g/mol. The smallest absolute Gasteiger partial charge is 0.267 e. The maximum Gasteiger partial charge on any atom is 0.267 e. The molecule has 0 aliphatic rings. The van der Waals surface area contributed by atoms with Crippen LogP contribution in [0.5, 0.6) is 0 Å². The monoisotopic (exact) mass is 376 g/mol. The van der Waals surface area contributed by atoms with Crippen LogP contribution in [0.3, 0.4) is 0 Å². The second kappa shape index (κ2) is 7.49. The van der Waals surface area contributed by atoms with E-state index in [1.807, 2.05) is 0 Å². The molecular formula is C15H13ClN6O2S. The quantitative estimate of drug-likeness (QED) is 0.725. The Hall–Kier alpha value is -2.65. The van der Waals surface area contributed by atoms with Gasteiger partial charge in [-0.15, -0.1) is 10.2 Å². The van der Waals surface area contributed by atoms with Gasteiger partial charge in [0, 0.05) is 18.8 Å². The van der Waals surface area contributed by atoms with Crippen LogP contribution in [-0.2, 0) is 11.3 Å². The van der Waals surface area contributed by atoms with Gasteiger partial charge < -0.3 is 5.32 Å². The summed E-state index contributed by atoms with van der Waals surface area (Å²) in [6, 6.07) is 6.37. The topological polar surface area (TPSA) is 103 Å². The van der Waals surface area contributed by atoms with E-state index in [2.05, 4.69) is 25.6 Å². The molecule has 25 heavy (non-hydrogen) atoms. The van der Waals surface area contributed by atoms with Gasteiger partial charge in [0.05, 0.1) is 5.02 Å². The molecule has 10 heteroatoms. The van der Waals surface area contributed by atoms with E-state index in [9.17, 15) is 9.59 Å². The molecule has 1 N–H and O–H groups in total. The van der Waals surface area contributed by atoms with Crippen LogP contribution in [0.4, 0.5) is 0 Å². The van der Waals surface area contributed by atoms with Crippen LogP contribution < -0.4 is 10.9 Å². The molecule has 0 bridgehead atoms. The third kappa shape index (κ3) is 4.06. The lowest BCUT2D eigenvalue weighted by Gasteiger charge is -2.05. The van der Waals surface area contributed by atoms with E-state index in [0.717, 1.165) is 4.68 Å². The molecule has 8 nitrogen and oxygen atoms in total. The lowest BCUT2D eigenvalue weighted by Crippen LogP contribution is -2.33. The number of hydrogen-bond acceptors (Lipinski definition) is 7. The highest BCUT2D eigenvalue weighted by Gasteiger charge is 2.13. The van der Waals surface area contributed by atoms with Crippen LogP contribution >= 0.6 is 22.9 Å². The van der Waals surface area contributed by atoms with Crippen LogP contribution in [0.1, 0.15) is 6.92 Å². The number of carbonyl (C=O) groups excluding carboxylic acids is 1. The van der Waals surface area contributed by atoms with Crippen LogP contribution in [0.2, 0.25) is 5.02 Å². The SMILES string of the molecule is CCNC(=O)Cn1nc(-c2nnc(-c3ccc(Cl)cn3)s2)ccc1=O. The van der Waals surface area contributed by atoms with Crippen molar-refractivity contribution in [1.82, 2.24) is 30.3 Å². The van der Waals surface area contributed by atoms with E-state index in [4.69, 9.17) is 11.6 Å². The minimum absolute atomic E-state index is 0.148.